The number of fused-ring (bicyclic) bond motifs is 1. The first-order valence-corrected chi connectivity index (χ1v) is 10.6. The molecule has 0 saturated heterocycles. The molecule has 10 heteroatoms. The molecule has 0 atom stereocenters. The monoisotopic (exact) mass is 481 g/mol. The number of benzene rings is 3. The Hall–Kier alpha value is -4.34. The van der Waals surface area contributed by atoms with E-state index in [1.807, 2.05) is 26.0 Å². The van der Waals surface area contributed by atoms with Gasteiger partial charge in [0.1, 0.15) is 5.52 Å². The topological polar surface area (TPSA) is 98.9 Å². The summed E-state index contributed by atoms with van der Waals surface area (Å²) in [5.41, 5.74) is 1.96. The molecule has 1 heterocycles. The number of aromatic nitrogens is 2. The van der Waals surface area contributed by atoms with Crippen LogP contribution in [0, 0.1) is 13.8 Å². The van der Waals surface area contributed by atoms with E-state index >= 15 is 0 Å². The molecule has 35 heavy (non-hydrogen) atoms. The van der Waals surface area contributed by atoms with Gasteiger partial charge in [0.15, 0.2) is 0 Å². The number of H-pyrrole nitrogens is 1. The zero-order valence-electron chi connectivity index (χ0n) is 19.1. The van der Waals surface area contributed by atoms with Gasteiger partial charge < -0.3 is 20.9 Å². The number of imidazole rings is 1. The molecule has 4 N–H and O–H groups in total. The first-order chi connectivity index (χ1) is 16.6. The molecule has 0 radical (unpaired) electrons. The van der Waals surface area contributed by atoms with Crippen LogP contribution in [0.5, 0.6) is 0 Å². The molecule has 0 spiro atoms. The zero-order valence-corrected chi connectivity index (χ0v) is 19.1. The quantitative estimate of drug-likeness (QED) is 0.292. The summed E-state index contributed by atoms with van der Waals surface area (Å²) in [4.78, 5) is 33.4. The van der Waals surface area contributed by atoms with E-state index in [1.165, 1.54) is 24.3 Å². The van der Waals surface area contributed by atoms with Crippen molar-refractivity contribution >= 4 is 40.2 Å². The second-order valence-corrected chi connectivity index (χ2v) is 7.95. The minimum absolute atomic E-state index is 0.136. The SMILES string of the molecule is CNc1nc2c(C(=O)Nc3cccc(C)c3C)cc(NC(=O)c3ccccc3C(F)(F)F)cc2[nH]1. The zero-order chi connectivity index (χ0) is 25.3. The van der Waals surface area contributed by atoms with E-state index in [9.17, 15) is 22.8 Å². The van der Waals surface area contributed by atoms with Crippen LogP contribution in [-0.4, -0.2) is 28.8 Å². The predicted molar refractivity (Wildman–Crippen MR) is 129 cm³/mol. The van der Waals surface area contributed by atoms with Gasteiger partial charge in [0.25, 0.3) is 11.8 Å². The van der Waals surface area contributed by atoms with Crippen LogP contribution >= 0.6 is 0 Å². The Morgan fingerprint density at radius 2 is 1.63 bits per heavy atom. The second kappa shape index (κ2) is 9.13. The summed E-state index contributed by atoms with van der Waals surface area (Å²) in [5.74, 6) is -1.05. The van der Waals surface area contributed by atoms with Gasteiger partial charge in [-0.15, -0.1) is 0 Å². The number of nitrogens with zero attached hydrogens (tertiary/aromatic N) is 1. The van der Waals surface area contributed by atoms with Crippen LogP contribution in [-0.2, 0) is 6.18 Å². The summed E-state index contributed by atoms with van der Waals surface area (Å²) in [6, 6.07) is 12.9. The van der Waals surface area contributed by atoms with Gasteiger partial charge in [0, 0.05) is 18.4 Å². The maximum absolute atomic E-state index is 13.4. The number of amides is 2. The predicted octanol–water partition coefficient (Wildman–Crippen LogP) is 5.74. The van der Waals surface area contributed by atoms with Gasteiger partial charge in [-0.3, -0.25) is 9.59 Å². The summed E-state index contributed by atoms with van der Waals surface area (Å²) >= 11 is 0. The number of rotatable bonds is 5. The number of halogens is 3. The summed E-state index contributed by atoms with van der Waals surface area (Å²) in [6.07, 6.45) is -4.69. The fraction of sp³-hybridized carbons (Fsp3) is 0.160. The number of aromatic amines is 1. The standard InChI is InChI=1S/C25H22F3N5O2/c1-13-7-6-10-19(14(13)2)31-23(35)17-11-15(12-20-21(17)33-24(29-3)32-20)30-22(34)16-8-4-5-9-18(16)25(26,27)28/h4-12H,1-3H3,(H,30,34)(H,31,35)(H2,29,32,33). The van der Waals surface area contributed by atoms with Crippen molar-refractivity contribution < 1.29 is 22.8 Å². The molecular weight excluding hydrogens is 459 g/mol. The Labute approximate surface area is 198 Å². The summed E-state index contributed by atoms with van der Waals surface area (Å²) in [5, 5.41) is 8.18. The van der Waals surface area contributed by atoms with Gasteiger partial charge in [-0.1, -0.05) is 24.3 Å². The molecule has 180 valence electrons. The van der Waals surface area contributed by atoms with E-state index in [-0.39, 0.29) is 11.3 Å². The minimum atomic E-state index is -4.69. The molecule has 4 rings (SSSR count). The van der Waals surface area contributed by atoms with Crippen molar-refractivity contribution in [2.24, 2.45) is 0 Å². The number of nitrogens with one attached hydrogen (secondary N) is 4. The molecular formula is C25H22F3N5O2. The van der Waals surface area contributed by atoms with Crippen LogP contribution < -0.4 is 16.0 Å². The van der Waals surface area contributed by atoms with E-state index in [1.54, 1.807) is 13.1 Å². The summed E-state index contributed by atoms with van der Waals surface area (Å²) in [7, 11) is 1.64. The Balaban J connectivity index is 1.73. The molecule has 7 nitrogen and oxygen atoms in total. The lowest BCUT2D eigenvalue weighted by Gasteiger charge is -2.14. The van der Waals surface area contributed by atoms with Crippen molar-refractivity contribution in [1.29, 1.82) is 0 Å². The van der Waals surface area contributed by atoms with Gasteiger partial charge in [0.05, 0.1) is 22.2 Å². The van der Waals surface area contributed by atoms with E-state index in [0.717, 1.165) is 23.3 Å². The Morgan fingerprint density at radius 1 is 0.914 bits per heavy atom. The van der Waals surface area contributed by atoms with Gasteiger partial charge in [-0.2, -0.15) is 13.2 Å². The average molecular weight is 481 g/mol. The Bertz CT molecular complexity index is 1440. The van der Waals surface area contributed by atoms with Crippen molar-refractivity contribution in [3.8, 4) is 0 Å². The normalized spacial score (nSPS) is 11.4. The number of anilines is 3. The van der Waals surface area contributed by atoms with Crippen LogP contribution in [0.15, 0.2) is 54.6 Å². The molecule has 0 unspecified atom stereocenters. The van der Waals surface area contributed by atoms with Gasteiger partial charge >= 0.3 is 6.18 Å². The van der Waals surface area contributed by atoms with Gasteiger partial charge in [0.2, 0.25) is 5.95 Å². The van der Waals surface area contributed by atoms with E-state index in [0.29, 0.717) is 22.7 Å². The number of hydrogen-bond acceptors (Lipinski definition) is 4. The third kappa shape index (κ3) is 4.81. The van der Waals surface area contributed by atoms with Crippen molar-refractivity contribution in [3.05, 3.63) is 82.4 Å². The lowest BCUT2D eigenvalue weighted by atomic mass is 10.1. The molecule has 1 aromatic heterocycles. The van der Waals surface area contributed by atoms with Crippen LogP contribution in [0.1, 0.15) is 37.4 Å². The number of alkyl halides is 3. The van der Waals surface area contributed by atoms with Crippen molar-refractivity contribution in [1.82, 2.24) is 9.97 Å². The van der Waals surface area contributed by atoms with Crippen molar-refractivity contribution in [2.45, 2.75) is 20.0 Å². The second-order valence-electron chi connectivity index (χ2n) is 7.95. The van der Waals surface area contributed by atoms with Crippen LogP contribution in [0.2, 0.25) is 0 Å². The maximum Gasteiger partial charge on any atom is 0.417 e. The van der Waals surface area contributed by atoms with Gasteiger partial charge in [-0.25, -0.2) is 4.98 Å². The highest BCUT2D eigenvalue weighted by Gasteiger charge is 2.35. The Kier molecular flexibility index (Phi) is 6.21. The third-order valence-corrected chi connectivity index (χ3v) is 5.66. The molecule has 2 amide bonds. The van der Waals surface area contributed by atoms with Crippen molar-refractivity contribution in [2.75, 3.05) is 23.0 Å². The lowest BCUT2D eigenvalue weighted by Crippen LogP contribution is -2.19. The van der Waals surface area contributed by atoms with E-state index in [2.05, 4.69) is 25.9 Å². The third-order valence-electron chi connectivity index (χ3n) is 5.66. The lowest BCUT2D eigenvalue weighted by molar-refractivity contribution is -0.137. The number of aryl methyl sites for hydroxylation is 1. The fourth-order valence-electron chi connectivity index (χ4n) is 3.68. The molecule has 4 aromatic rings. The highest BCUT2D eigenvalue weighted by molar-refractivity contribution is 6.14. The minimum Gasteiger partial charge on any atom is -0.359 e. The van der Waals surface area contributed by atoms with E-state index < -0.39 is 29.1 Å². The first-order valence-electron chi connectivity index (χ1n) is 10.6. The molecule has 0 aliphatic rings. The van der Waals surface area contributed by atoms with Crippen LogP contribution in [0.3, 0.4) is 0 Å². The fourth-order valence-corrected chi connectivity index (χ4v) is 3.68. The molecule has 0 saturated carbocycles. The number of carbonyl (C=O) groups is 2. The molecule has 0 aliphatic heterocycles. The highest BCUT2D eigenvalue weighted by atomic mass is 19.4. The van der Waals surface area contributed by atoms with Crippen LogP contribution in [0.4, 0.5) is 30.5 Å². The smallest absolute Gasteiger partial charge is 0.359 e. The molecule has 0 fully saturated rings. The average Bonchev–Trinajstić information content (AvgIpc) is 3.24. The largest absolute Gasteiger partial charge is 0.417 e. The maximum atomic E-state index is 13.4. The summed E-state index contributed by atoms with van der Waals surface area (Å²) < 4.78 is 40.1. The molecule has 3 aromatic carbocycles. The molecule has 0 bridgehead atoms. The number of hydrogen-bond donors (Lipinski definition) is 4. The first kappa shape index (κ1) is 23.8. The summed E-state index contributed by atoms with van der Waals surface area (Å²) in [6.45, 7) is 3.80. The number of carbonyl (C=O) groups excluding carboxylic acids is 2. The van der Waals surface area contributed by atoms with Crippen LogP contribution in [0.25, 0.3) is 11.0 Å². The van der Waals surface area contributed by atoms with E-state index in [4.69, 9.17) is 0 Å². The molecule has 0 aliphatic carbocycles. The van der Waals surface area contributed by atoms with Gasteiger partial charge in [-0.05, 0) is 55.3 Å². The van der Waals surface area contributed by atoms with Crippen molar-refractivity contribution in [3.63, 3.8) is 0 Å². The Morgan fingerprint density at radius 3 is 2.34 bits per heavy atom. The highest BCUT2D eigenvalue weighted by Crippen LogP contribution is 2.33.